The third-order valence-corrected chi connectivity index (χ3v) is 3.30. The summed E-state index contributed by atoms with van der Waals surface area (Å²) in [5, 5.41) is 10.6. The normalized spacial score (nSPS) is 10.3. The number of hydrogen-bond donors (Lipinski definition) is 0. The van der Waals surface area contributed by atoms with E-state index in [4.69, 9.17) is 21.6 Å². The number of halogens is 1. The van der Waals surface area contributed by atoms with Gasteiger partial charge in [0, 0.05) is 10.4 Å². The van der Waals surface area contributed by atoms with Gasteiger partial charge in [-0.05, 0) is 36.4 Å². The first kappa shape index (κ1) is 13.4. The number of hydrogen-bond acceptors (Lipinski definition) is 3. The van der Waals surface area contributed by atoms with Crippen LogP contribution in [0.15, 0.2) is 54.6 Å². The Morgan fingerprint density at radius 2 is 1.95 bits per heavy atom. The summed E-state index contributed by atoms with van der Waals surface area (Å²) in [4.78, 5) is 4.52. The third kappa shape index (κ3) is 3.13. The van der Waals surface area contributed by atoms with E-state index in [1.165, 1.54) is 0 Å². The minimum Gasteiger partial charge on any atom is -0.487 e. The van der Waals surface area contributed by atoms with Crippen LogP contribution in [0.2, 0.25) is 5.02 Å². The summed E-state index contributed by atoms with van der Waals surface area (Å²) < 4.78 is 5.67. The number of nitriles is 1. The van der Waals surface area contributed by atoms with E-state index < -0.39 is 0 Å². The predicted octanol–water partition coefficient (Wildman–Crippen LogP) is 4.34. The molecular weight excluding hydrogens is 284 g/mol. The van der Waals surface area contributed by atoms with E-state index in [1.807, 2.05) is 36.4 Å². The van der Waals surface area contributed by atoms with Crippen LogP contribution >= 0.6 is 11.6 Å². The lowest BCUT2D eigenvalue weighted by Crippen LogP contribution is -1.98. The molecule has 0 spiro atoms. The molecule has 0 bridgehead atoms. The smallest absolute Gasteiger partial charge is 0.130 e. The molecule has 1 aromatic heterocycles. The maximum Gasteiger partial charge on any atom is 0.130 e. The van der Waals surface area contributed by atoms with E-state index in [-0.39, 0.29) is 0 Å². The van der Waals surface area contributed by atoms with Crippen LogP contribution in [0.25, 0.3) is 10.9 Å². The molecule has 0 aliphatic carbocycles. The fourth-order valence-corrected chi connectivity index (χ4v) is 2.19. The molecule has 3 rings (SSSR count). The van der Waals surface area contributed by atoms with Gasteiger partial charge in [-0.2, -0.15) is 5.26 Å². The Labute approximate surface area is 127 Å². The predicted molar refractivity (Wildman–Crippen MR) is 82.2 cm³/mol. The van der Waals surface area contributed by atoms with Gasteiger partial charge in [-0.1, -0.05) is 29.8 Å². The molecule has 0 radical (unpaired) electrons. The van der Waals surface area contributed by atoms with Crippen LogP contribution in [0, 0.1) is 11.3 Å². The Morgan fingerprint density at radius 1 is 1.10 bits per heavy atom. The van der Waals surface area contributed by atoms with Gasteiger partial charge in [0.25, 0.3) is 0 Å². The number of pyridine rings is 1. The van der Waals surface area contributed by atoms with Gasteiger partial charge >= 0.3 is 0 Å². The van der Waals surface area contributed by atoms with E-state index in [2.05, 4.69) is 11.1 Å². The van der Waals surface area contributed by atoms with Gasteiger partial charge < -0.3 is 4.74 Å². The van der Waals surface area contributed by atoms with Crippen molar-refractivity contribution in [2.24, 2.45) is 0 Å². The lowest BCUT2D eigenvalue weighted by molar-refractivity contribution is 0.301. The van der Waals surface area contributed by atoms with Gasteiger partial charge in [0.15, 0.2) is 0 Å². The molecule has 0 unspecified atom stereocenters. The molecule has 0 atom stereocenters. The van der Waals surface area contributed by atoms with Gasteiger partial charge in [-0.25, -0.2) is 4.98 Å². The molecule has 0 saturated heterocycles. The average Bonchev–Trinajstić information content (AvgIpc) is 2.52. The van der Waals surface area contributed by atoms with Crippen molar-refractivity contribution in [1.82, 2.24) is 4.98 Å². The van der Waals surface area contributed by atoms with Crippen LogP contribution in [0.4, 0.5) is 0 Å². The molecule has 0 amide bonds. The molecular formula is C17H11ClN2O. The molecule has 0 N–H and O–H groups in total. The van der Waals surface area contributed by atoms with E-state index in [1.54, 1.807) is 18.2 Å². The molecule has 0 aliphatic rings. The minimum atomic E-state index is 0.345. The second-order valence-corrected chi connectivity index (χ2v) is 5.00. The van der Waals surface area contributed by atoms with Crippen molar-refractivity contribution >= 4 is 22.5 Å². The minimum absolute atomic E-state index is 0.345. The Balaban J connectivity index is 1.80. The number of aromatic nitrogens is 1. The van der Waals surface area contributed by atoms with Gasteiger partial charge in [-0.3, -0.25) is 0 Å². The zero-order valence-electron chi connectivity index (χ0n) is 11.1. The number of nitrogens with zero attached hydrogens (tertiary/aromatic N) is 2. The highest BCUT2D eigenvalue weighted by Crippen LogP contribution is 2.19. The van der Waals surface area contributed by atoms with Gasteiger partial charge in [0.1, 0.15) is 12.4 Å². The van der Waals surface area contributed by atoms with Gasteiger partial charge in [0.05, 0.1) is 22.8 Å². The standard InChI is InChI=1S/C17H11ClN2O/c18-14-6-4-13-5-7-15(20-17(13)9-14)11-21-16-3-1-2-12(8-16)10-19/h1-9H,11H2. The first-order chi connectivity index (χ1) is 10.2. The van der Waals surface area contributed by atoms with Crippen molar-refractivity contribution < 1.29 is 4.74 Å². The van der Waals surface area contributed by atoms with Crippen molar-refractivity contribution in [2.75, 3.05) is 0 Å². The Kier molecular flexibility index (Phi) is 3.72. The van der Waals surface area contributed by atoms with Crippen LogP contribution in [0.1, 0.15) is 11.3 Å². The quantitative estimate of drug-likeness (QED) is 0.722. The van der Waals surface area contributed by atoms with Gasteiger partial charge in [0.2, 0.25) is 0 Å². The SMILES string of the molecule is N#Cc1cccc(OCc2ccc3ccc(Cl)cc3n2)c1. The largest absolute Gasteiger partial charge is 0.487 e. The molecule has 2 aromatic carbocycles. The summed E-state index contributed by atoms with van der Waals surface area (Å²) in [7, 11) is 0. The van der Waals surface area contributed by atoms with E-state index in [9.17, 15) is 0 Å². The number of ether oxygens (including phenoxy) is 1. The second-order valence-electron chi connectivity index (χ2n) is 4.57. The lowest BCUT2D eigenvalue weighted by atomic mass is 10.2. The first-order valence-electron chi connectivity index (χ1n) is 6.43. The first-order valence-corrected chi connectivity index (χ1v) is 6.80. The van der Waals surface area contributed by atoms with Crippen molar-refractivity contribution in [2.45, 2.75) is 6.61 Å². The second kappa shape index (κ2) is 5.82. The highest BCUT2D eigenvalue weighted by molar-refractivity contribution is 6.31. The summed E-state index contributed by atoms with van der Waals surface area (Å²) in [6, 6.07) is 18.7. The highest BCUT2D eigenvalue weighted by atomic mass is 35.5. The summed E-state index contributed by atoms with van der Waals surface area (Å²) in [6.07, 6.45) is 0. The number of rotatable bonds is 3. The molecule has 102 valence electrons. The average molecular weight is 295 g/mol. The topological polar surface area (TPSA) is 45.9 Å². The van der Waals surface area contributed by atoms with Crippen molar-refractivity contribution in [3.8, 4) is 11.8 Å². The summed E-state index contributed by atoms with van der Waals surface area (Å²) in [5.41, 5.74) is 2.23. The third-order valence-electron chi connectivity index (χ3n) is 3.06. The van der Waals surface area contributed by atoms with E-state index in [0.29, 0.717) is 22.9 Å². The lowest BCUT2D eigenvalue weighted by Gasteiger charge is -2.07. The van der Waals surface area contributed by atoms with E-state index >= 15 is 0 Å². The molecule has 21 heavy (non-hydrogen) atoms. The Morgan fingerprint density at radius 3 is 2.81 bits per heavy atom. The van der Waals surface area contributed by atoms with Crippen molar-refractivity contribution in [3.63, 3.8) is 0 Å². The number of fused-ring (bicyclic) bond motifs is 1. The van der Waals surface area contributed by atoms with Crippen molar-refractivity contribution in [1.29, 1.82) is 5.26 Å². The van der Waals surface area contributed by atoms with Crippen LogP contribution < -0.4 is 4.74 Å². The summed E-state index contributed by atoms with van der Waals surface area (Å²) in [5.74, 6) is 0.655. The molecule has 0 saturated carbocycles. The molecule has 4 heteroatoms. The molecule has 3 nitrogen and oxygen atoms in total. The molecule has 3 aromatic rings. The van der Waals surface area contributed by atoms with Crippen LogP contribution in [-0.4, -0.2) is 4.98 Å². The maximum absolute atomic E-state index is 8.86. The Bertz CT molecular complexity index is 840. The monoisotopic (exact) mass is 294 g/mol. The summed E-state index contributed by atoms with van der Waals surface area (Å²) >= 11 is 5.98. The Hall–Kier alpha value is -2.57. The van der Waals surface area contributed by atoms with Crippen LogP contribution in [0.5, 0.6) is 5.75 Å². The maximum atomic E-state index is 8.86. The fraction of sp³-hybridized carbons (Fsp3) is 0.0588. The zero-order chi connectivity index (χ0) is 14.7. The van der Waals surface area contributed by atoms with E-state index in [0.717, 1.165) is 16.6 Å². The van der Waals surface area contributed by atoms with Gasteiger partial charge in [-0.15, -0.1) is 0 Å². The van der Waals surface area contributed by atoms with Crippen LogP contribution in [-0.2, 0) is 6.61 Å². The highest BCUT2D eigenvalue weighted by Gasteiger charge is 2.02. The van der Waals surface area contributed by atoms with Crippen LogP contribution in [0.3, 0.4) is 0 Å². The number of benzene rings is 2. The fourth-order valence-electron chi connectivity index (χ4n) is 2.03. The molecule has 1 heterocycles. The summed E-state index contributed by atoms with van der Waals surface area (Å²) in [6.45, 7) is 0.345. The molecule has 0 fully saturated rings. The van der Waals surface area contributed by atoms with Crippen molar-refractivity contribution in [3.05, 3.63) is 70.9 Å². The molecule has 0 aliphatic heterocycles. The zero-order valence-corrected chi connectivity index (χ0v) is 11.8.